The average Bonchev–Trinajstić information content (AvgIpc) is 3.50. The molecular weight excluding hydrogens is 454 g/mol. The number of H-pyrrole nitrogens is 1. The molecule has 0 spiro atoms. The maximum Gasteiger partial charge on any atom is 0.250 e. The summed E-state index contributed by atoms with van der Waals surface area (Å²) in [6.45, 7) is 7.20. The molecule has 8 heteroatoms. The molecule has 2 aliphatic rings. The summed E-state index contributed by atoms with van der Waals surface area (Å²) in [4.78, 5) is 19.5. The lowest BCUT2D eigenvalue weighted by Crippen LogP contribution is -2.36. The lowest BCUT2D eigenvalue weighted by Gasteiger charge is -2.52. The van der Waals surface area contributed by atoms with Gasteiger partial charge in [-0.2, -0.15) is 10.6 Å². The van der Waals surface area contributed by atoms with Crippen molar-refractivity contribution in [3.8, 4) is 11.1 Å². The van der Waals surface area contributed by atoms with Crippen molar-refractivity contribution in [3.63, 3.8) is 0 Å². The van der Waals surface area contributed by atoms with Gasteiger partial charge in [-0.3, -0.25) is 18.8 Å². The zero-order valence-corrected chi connectivity index (χ0v) is 20.9. The number of carbonyl (C=O) groups excluding carboxylic acids is 1. The van der Waals surface area contributed by atoms with Gasteiger partial charge in [0.05, 0.1) is 15.8 Å². The van der Waals surface area contributed by atoms with Gasteiger partial charge in [-0.05, 0) is 98.8 Å². The topological polar surface area (TPSA) is 103 Å². The number of benzene rings is 1. The van der Waals surface area contributed by atoms with Crippen LogP contribution in [0.15, 0.2) is 29.8 Å². The number of rotatable bonds is 5. The van der Waals surface area contributed by atoms with E-state index < -0.39 is 21.2 Å². The van der Waals surface area contributed by atoms with Gasteiger partial charge in [-0.1, -0.05) is 0 Å². The molecule has 4 heterocycles. The number of hydrogen-bond donors (Lipinski definition) is 4. The van der Waals surface area contributed by atoms with Crippen LogP contribution < -0.4 is 5.73 Å². The first-order chi connectivity index (χ1) is 15.6. The number of fused-ring (bicyclic) bond motifs is 1. The summed E-state index contributed by atoms with van der Waals surface area (Å²) in [5.41, 5.74) is 10.3. The number of aromatic amines is 1. The number of primary amides is 1. The summed E-state index contributed by atoms with van der Waals surface area (Å²) >= 11 is 1.77. The van der Waals surface area contributed by atoms with Gasteiger partial charge in [0.25, 0.3) is 5.91 Å². The zero-order valence-electron chi connectivity index (χ0n) is 19.3. The quantitative estimate of drug-likeness (QED) is 0.354. The maximum atomic E-state index is 12.3. The van der Waals surface area contributed by atoms with E-state index in [9.17, 15) is 13.9 Å². The van der Waals surface area contributed by atoms with Crippen LogP contribution >= 0.6 is 21.9 Å². The fourth-order valence-electron chi connectivity index (χ4n) is 5.41. The number of nitrogens with one attached hydrogen (secondary N) is 1. The molecule has 1 aromatic carbocycles. The van der Waals surface area contributed by atoms with E-state index in [1.165, 1.54) is 30.8 Å². The minimum atomic E-state index is -2.61. The van der Waals surface area contributed by atoms with Crippen LogP contribution in [-0.2, 0) is 6.54 Å². The van der Waals surface area contributed by atoms with E-state index in [1.807, 2.05) is 26.1 Å². The van der Waals surface area contributed by atoms with E-state index in [-0.39, 0.29) is 5.92 Å². The number of amides is 1. The molecule has 1 amide bonds. The number of aromatic nitrogens is 1. The fraction of sp³-hybridized carbons (Fsp3) is 0.480. The van der Waals surface area contributed by atoms with Gasteiger partial charge in [0.15, 0.2) is 0 Å². The Kier molecular flexibility index (Phi) is 5.86. The highest BCUT2D eigenvalue weighted by molar-refractivity contribution is 8.25. The monoisotopic (exact) mass is 487 g/mol. The minimum absolute atomic E-state index is 0.192. The Morgan fingerprint density at radius 3 is 2.70 bits per heavy atom. The number of thiophene rings is 1. The normalized spacial score (nSPS) is 23.7. The van der Waals surface area contributed by atoms with Crippen LogP contribution in [0.4, 0.5) is 0 Å². The third kappa shape index (κ3) is 4.23. The Balaban J connectivity index is 1.52. The van der Waals surface area contributed by atoms with Gasteiger partial charge in [0.1, 0.15) is 0 Å². The molecule has 0 saturated carbocycles. The Bertz CT molecular complexity index is 1190. The molecule has 2 fully saturated rings. The SMILES string of the molecule is CC1(C)CC(c2c[nH]c3c(C(N)=O)cc(-c4csc(CN5CCCC5)c4)cc23)CCS1(O)O. The van der Waals surface area contributed by atoms with E-state index in [2.05, 4.69) is 27.4 Å². The summed E-state index contributed by atoms with van der Waals surface area (Å²) in [7, 11) is -2.61. The first kappa shape index (κ1) is 22.9. The van der Waals surface area contributed by atoms with Crippen LogP contribution in [0.1, 0.15) is 66.2 Å². The molecule has 1 atom stereocenters. The predicted octanol–water partition coefficient (Wildman–Crippen LogP) is 6.00. The Hall–Kier alpha value is -1.84. The second kappa shape index (κ2) is 8.43. The molecule has 3 aromatic rings. The van der Waals surface area contributed by atoms with Crippen molar-refractivity contribution < 1.29 is 13.9 Å². The van der Waals surface area contributed by atoms with Crippen LogP contribution in [0, 0.1) is 0 Å². The van der Waals surface area contributed by atoms with Gasteiger partial charge in [-0.25, -0.2) is 0 Å². The highest BCUT2D eigenvalue weighted by Gasteiger charge is 2.41. The summed E-state index contributed by atoms with van der Waals surface area (Å²) in [6, 6.07) is 6.29. The van der Waals surface area contributed by atoms with Crippen molar-refractivity contribution in [2.45, 2.75) is 56.7 Å². The van der Waals surface area contributed by atoms with Crippen LogP contribution in [-0.4, -0.2) is 48.5 Å². The molecule has 2 aliphatic heterocycles. The summed E-state index contributed by atoms with van der Waals surface area (Å²) in [6.07, 6.45) is 5.94. The van der Waals surface area contributed by atoms with Crippen LogP contribution in [0.5, 0.6) is 0 Å². The fourth-order valence-corrected chi connectivity index (χ4v) is 7.97. The molecule has 2 saturated heterocycles. The molecule has 2 aromatic heterocycles. The first-order valence-corrected chi connectivity index (χ1v) is 14.2. The standard InChI is InChI=1S/C25H33N3O3S2/c1-25(2)12-16(5-8-33(25,30)31)22-13-27-23-20(22)10-17(11-21(23)24(26)29)18-9-19(32-15-18)14-28-6-3-4-7-28/h9-11,13,15-16,27,30-31H,3-8,12,14H2,1-2H3,(H2,26,29). The average molecular weight is 488 g/mol. The van der Waals surface area contributed by atoms with Gasteiger partial charge in [0, 0.05) is 28.8 Å². The van der Waals surface area contributed by atoms with Crippen molar-refractivity contribution in [1.82, 2.24) is 9.88 Å². The lowest BCUT2D eigenvalue weighted by atomic mass is 9.86. The summed E-state index contributed by atoms with van der Waals surface area (Å²) in [5, 5.41) is 3.18. The van der Waals surface area contributed by atoms with Crippen LogP contribution in [0.25, 0.3) is 22.0 Å². The molecule has 1 unspecified atom stereocenters. The molecule has 0 bridgehead atoms. The molecule has 5 rings (SSSR count). The number of nitrogens with two attached hydrogens (primary N) is 1. The Labute approximate surface area is 200 Å². The smallest absolute Gasteiger partial charge is 0.250 e. The van der Waals surface area contributed by atoms with Crippen molar-refractivity contribution in [2.75, 3.05) is 18.8 Å². The number of carbonyl (C=O) groups is 1. The highest BCUT2D eigenvalue weighted by atomic mass is 32.3. The Morgan fingerprint density at radius 1 is 1.24 bits per heavy atom. The molecule has 6 nitrogen and oxygen atoms in total. The lowest BCUT2D eigenvalue weighted by molar-refractivity contribution is 0.100. The van der Waals surface area contributed by atoms with E-state index in [1.54, 1.807) is 11.3 Å². The molecule has 178 valence electrons. The van der Waals surface area contributed by atoms with E-state index in [4.69, 9.17) is 5.73 Å². The maximum absolute atomic E-state index is 12.3. The van der Waals surface area contributed by atoms with E-state index >= 15 is 0 Å². The largest absolute Gasteiger partial charge is 0.366 e. The summed E-state index contributed by atoms with van der Waals surface area (Å²) in [5.74, 6) is 0.156. The predicted molar refractivity (Wildman–Crippen MR) is 138 cm³/mol. The van der Waals surface area contributed by atoms with Crippen LogP contribution in [0.3, 0.4) is 0 Å². The van der Waals surface area contributed by atoms with Gasteiger partial charge >= 0.3 is 0 Å². The third-order valence-electron chi connectivity index (χ3n) is 7.47. The third-order valence-corrected chi connectivity index (χ3v) is 11.1. The van der Waals surface area contributed by atoms with Gasteiger partial charge < -0.3 is 10.7 Å². The molecular formula is C25H33N3O3S2. The molecule has 33 heavy (non-hydrogen) atoms. The second-order valence-corrected chi connectivity index (χ2v) is 14.0. The van der Waals surface area contributed by atoms with Crippen LogP contribution in [0.2, 0.25) is 0 Å². The van der Waals surface area contributed by atoms with E-state index in [0.717, 1.165) is 34.1 Å². The highest BCUT2D eigenvalue weighted by Crippen LogP contribution is 2.61. The molecule has 0 aliphatic carbocycles. The summed E-state index contributed by atoms with van der Waals surface area (Å²) < 4.78 is 20.5. The molecule has 5 N–H and O–H groups in total. The van der Waals surface area contributed by atoms with Crippen molar-refractivity contribution in [1.29, 1.82) is 0 Å². The number of hydrogen-bond acceptors (Lipinski definition) is 5. The van der Waals surface area contributed by atoms with Gasteiger partial charge in [-0.15, -0.1) is 11.3 Å². The number of likely N-dealkylation sites (tertiary alicyclic amines) is 1. The van der Waals surface area contributed by atoms with Crippen molar-refractivity contribution >= 4 is 38.7 Å². The minimum Gasteiger partial charge on any atom is -0.366 e. The van der Waals surface area contributed by atoms with Gasteiger partial charge in [0.2, 0.25) is 0 Å². The van der Waals surface area contributed by atoms with E-state index in [0.29, 0.717) is 24.2 Å². The van der Waals surface area contributed by atoms with Crippen molar-refractivity contribution in [2.24, 2.45) is 5.73 Å². The number of nitrogens with zero attached hydrogens (tertiary/aromatic N) is 1. The zero-order chi connectivity index (χ0) is 23.4. The Morgan fingerprint density at radius 2 is 2.00 bits per heavy atom. The second-order valence-electron chi connectivity index (χ2n) is 10.2. The first-order valence-electron chi connectivity index (χ1n) is 11.6. The van der Waals surface area contributed by atoms with Crippen molar-refractivity contribution in [3.05, 3.63) is 45.8 Å². The molecule has 0 radical (unpaired) electrons.